The molecular weight excluding hydrogens is 238 g/mol. The lowest BCUT2D eigenvalue weighted by molar-refractivity contribution is -0.140. The molecule has 2 N–H and O–H groups in total. The van der Waals surface area contributed by atoms with E-state index in [-0.39, 0.29) is 12.0 Å². The summed E-state index contributed by atoms with van der Waals surface area (Å²) in [5.74, 6) is 0.868. The average Bonchev–Trinajstić information content (AvgIpc) is 2.41. The lowest BCUT2D eigenvalue weighted by Gasteiger charge is -2.40. The van der Waals surface area contributed by atoms with Gasteiger partial charge in [-0.3, -0.25) is 4.79 Å². The minimum Gasteiger partial charge on any atom is -0.342 e. The van der Waals surface area contributed by atoms with E-state index in [9.17, 15) is 4.79 Å². The number of amides is 1. The Balaban J connectivity index is 1.90. The van der Waals surface area contributed by atoms with Gasteiger partial charge in [0, 0.05) is 31.1 Å². The van der Waals surface area contributed by atoms with Crippen molar-refractivity contribution in [2.24, 2.45) is 17.6 Å². The van der Waals surface area contributed by atoms with Crippen LogP contribution in [0.2, 0.25) is 0 Å². The maximum Gasteiger partial charge on any atom is 0.226 e. The quantitative estimate of drug-likeness (QED) is 0.820. The minimum atomic E-state index is 0.166. The first-order valence-corrected chi connectivity index (χ1v) is 7.71. The summed E-state index contributed by atoms with van der Waals surface area (Å²) in [5.41, 5.74) is 6.12. The molecule has 0 aromatic carbocycles. The second-order valence-electron chi connectivity index (χ2n) is 6.58. The number of hydrogen-bond donors (Lipinski definition) is 1. The molecule has 4 nitrogen and oxygen atoms in total. The van der Waals surface area contributed by atoms with Gasteiger partial charge in [0.05, 0.1) is 0 Å². The second-order valence-corrected chi connectivity index (χ2v) is 6.58. The maximum absolute atomic E-state index is 12.6. The van der Waals surface area contributed by atoms with Crippen molar-refractivity contribution >= 4 is 5.91 Å². The SMILES string of the molecule is CC1C(N)CCCC1C(=O)N1CCC(N(C)C)CC1. The summed E-state index contributed by atoms with van der Waals surface area (Å²) in [4.78, 5) is 17.0. The van der Waals surface area contributed by atoms with Crippen molar-refractivity contribution in [2.45, 2.75) is 51.1 Å². The number of carbonyl (C=O) groups excluding carboxylic acids is 1. The fourth-order valence-corrected chi connectivity index (χ4v) is 3.58. The molecule has 2 rings (SSSR count). The van der Waals surface area contributed by atoms with Crippen LogP contribution >= 0.6 is 0 Å². The molecule has 3 unspecified atom stereocenters. The third-order valence-electron chi connectivity index (χ3n) is 5.19. The standard InChI is InChI=1S/C15H29N3O/c1-11-13(5-4-6-14(11)16)15(19)18-9-7-12(8-10-18)17(2)3/h11-14H,4-10,16H2,1-3H3. The van der Waals surface area contributed by atoms with Gasteiger partial charge in [0.15, 0.2) is 0 Å². The molecule has 2 fully saturated rings. The summed E-state index contributed by atoms with van der Waals surface area (Å²) in [5, 5.41) is 0. The van der Waals surface area contributed by atoms with E-state index in [0.717, 1.165) is 45.2 Å². The molecule has 110 valence electrons. The first kappa shape index (κ1) is 14.8. The topological polar surface area (TPSA) is 49.6 Å². The van der Waals surface area contributed by atoms with E-state index < -0.39 is 0 Å². The largest absolute Gasteiger partial charge is 0.342 e. The van der Waals surface area contributed by atoms with Crippen molar-refractivity contribution in [3.05, 3.63) is 0 Å². The summed E-state index contributed by atoms with van der Waals surface area (Å²) >= 11 is 0. The van der Waals surface area contributed by atoms with Gasteiger partial charge in [0.1, 0.15) is 0 Å². The van der Waals surface area contributed by atoms with E-state index in [2.05, 4.69) is 30.8 Å². The zero-order valence-corrected chi connectivity index (χ0v) is 12.6. The van der Waals surface area contributed by atoms with Gasteiger partial charge in [-0.25, -0.2) is 0 Å². The molecule has 0 aromatic heterocycles. The fraction of sp³-hybridized carbons (Fsp3) is 0.933. The van der Waals surface area contributed by atoms with Crippen LogP contribution in [-0.4, -0.2) is 55.0 Å². The van der Waals surface area contributed by atoms with Gasteiger partial charge in [-0.15, -0.1) is 0 Å². The molecule has 0 aromatic rings. The summed E-state index contributed by atoms with van der Waals surface area (Å²) in [6.07, 6.45) is 5.42. The summed E-state index contributed by atoms with van der Waals surface area (Å²) in [7, 11) is 4.26. The van der Waals surface area contributed by atoms with Gasteiger partial charge in [-0.2, -0.15) is 0 Å². The molecule has 19 heavy (non-hydrogen) atoms. The number of likely N-dealkylation sites (tertiary alicyclic amines) is 1. The van der Waals surface area contributed by atoms with E-state index >= 15 is 0 Å². The Morgan fingerprint density at radius 3 is 2.37 bits per heavy atom. The molecule has 2 aliphatic rings. The first-order valence-electron chi connectivity index (χ1n) is 7.71. The van der Waals surface area contributed by atoms with E-state index in [1.165, 1.54) is 0 Å². The third kappa shape index (κ3) is 3.29. The van der Waals surface area contributed by atoms with E-state index in [1.54, 1.807) is 0 Å². The highest BCUT2D eigenvalue weighted by atomic mass is 16.2. The molecule has 0 radical (unpaired) electrons. The predicted octanol–water partition coefficient (Wildman–Crippen LogP) is 1.30. The van der Waals surface area contributed by atoms with Crippen LogP contribution in [0.5, 0.6) is 0 Å². The summed E-state index contributed by atoms with van der Waals surface area (Å²) in [6.45, 7) is 3.99. The van der Waals surface area contributed by atoms with Gasteiger partial charge in [0.25, 0.3) is 0 Å². The summed E-state index contributed by atoms with van der Waals surface area (Å²) in [6, 6.07) is 0.845. The van der Waals surface area contributed by atoms with E-state index in [0.29, 0.717) is 17.9 Å². The highest BCUT2D eigenvalue weighted by Crippen LogP contribution is 2.31. The second kappa shape index (κ2) is 6.23. The molecule has 0 spiro atoms. The van der Waals surface area contributed by atoms with Gasteiger partial charge >= 0.3 is 0 Å². The number of rotatable bonds is 2. The molecule has 4 heteroatoms. The number of hydrogen-bond acceptors (Lipinski definition) is 3. The molecule has 3 atom stereocenters. The van der Waals surface area contributed by atoms with Gasteiger partial charge < -0.3 is 15.5 Å². The molecule has 1 saturated carbocycles. The number of nitrogens with zero attached hydrogens (tertiary/aromatic N) is 2. The normalized spacial score (nSPS) is 33.7. The van der Waals surface area contributed by atoms with Gasteiger partial charge in [0.2, 0.25) is 5.91 Å². The van der Waals surface area contributed by atoms with Crippen molar-refractivity contribution in [2.75, 3.05) is 27.2 Å². The minimum absolute atomic E-state index is 0.166. The van der Waals surface area contributed by atoms with Crippen molar-refractivity contribution < 1.29 is 4.79 Å². The van der Waals surface area contributed by atoms with E-state index in [4.69, 9.17) is 5.73 Å². The van der Waals surface area contributed by atoms with Crippen molar-refractivity contribution in [3.8, 4) is 0 Å². The Morgan fingerprint density at radius 1 is 1.16 bits per heavy atom. The lowest BCUT2D eigenvalue weighted by atomic mass is 9.76. The number of carbonyl (C=O) groups is 1. The first-order chi connectivity index (χ1) is 9.00. The summed E-state index contributed by atoms with van der Waals surface area (Å²) < 4.78 is 0. The van der Waals surface area contributed by atoms with Crippen molar-refractivity contribution in [3.63, 3.8) is 0 Å². The monoisotopic (exact) mass is 267 g/mol. The Morgan fingerprint density at radius 2 is 1.79 bits per heavy atom. The Kier molecular flexibility index (Phi) is 4.85. The number of nitrogens with two attached hydrogens (primary N) is 1. The Hall–Kier alpha value is -0.610. The average molecular weight is 267 g/mol. The Bertz CT molecular complexity index is 311. The Labute approximate surface area is 117 Å². The predicted molar refractivity (Wildman–Crippen MR) is 77.8 cm³/mol. The molecule has 0 bridgehead atoms. The molecule has 1 aliphatic carbocycles. The molecular formula is C15H29N3O. The molecule has 1 heterocycles. The lowest BCUT2D eigenvalue weighted by Crippen LogP contribution is -2.50. The van der Waals surface area contributed by atoms with Crippen LogP contribution in [0, 0.1) is 11.8 Å². The molecule has 1 saturated heterocycles. The smallest absolute Gasteiger partial charge is 0.226 e. The molecule has 1 aliphatic heterocycles. The van der Waals surface area contributed by atoms with Crippen molar-refractivity contribution in [1.29, 1.82) is 0 Å². The fourth-order valence-electron chi connectivity index (χ4n) is 3.58. The maximum atomic E-state index is 12.6. The van der Waals surface area contributed by atoms with Crippen LogP contribution in [-0.2, 0) is 4.79 Å². The van der Waals surface area contributed by atoms with Crippen LogP contribution in [0.25, 0.3) is 0 Å². The number of piperidine rings is 1. The highest BCUT2D eigenvalue weighted by Gasteiger charge is 2.36. The van der Waals surface area contributed by atoms with Crippen molar-refractivity contribution in [1.82, 2.24) is 9.80 Å². The van der Waals surface area contributed by atoms with Crippen LogP contribution in [0.4, 0.5) is 0 Å². The van der Waals surface area contributed by atoms with Crippen LogP contribution < -0.4 is 5.73 Å². The van der Waals surface area contributed by atoms with Gasteiger partial charge in [-0.1, -0.05) is 13.3 Å². The van der Waals surface area contributed by atoms with Gasteiger partial charge in [-0.05, 0) is 45.7 Å². The zero-order chi connectivity index (χ0) is 14.0. The van der Waals surface area contributed by atoms with Crippen LogP contribution in [0.1, 0.15) is 39.0 Å². The van der Waals surface area contributed by atoms with Crippen LogP contribution in [0.3, 0.4) is 0 Å². The highest BCUT2D eigenvalue weighted by molar-refractivity contribution is 5.79. The zero-order valence-electron chi connectivity index (χ0n) is 12.6. The van der Waals surface area contributed by atoms with Crippen LogP contribution in [0.15, 0.2) is 0 Å². The molecule has 1 amide bonds. The van der Waals surface area contributed by atoms with E-state index in [1.807, 2.05) is 0 Å². The third-order valence-corrected chi connectivity index (χ3v) is 5.19.